The van der Waals surface area contributed by atoms with E-state index in [-0.39, 0.29) is 21.2 Å². The lowest BCUT2D eigenvalue weighted by Crippen LogP contribution is -2.31. The molecule has 2 aromatic heterocycles. The minimum Gasteiger partial charge on any atom is -0.477 e. The monoisotopic (exact) mass is 462 g/mol. The second-order valence-electron chi connectivity index (χ2n) is 6.90. The summed E-state index contributed by atoms with van der Waals surface area (Å²) in [6.07, 6.45) is 1.50. The van der Waals surface area contributed by atoms with Crippen molar-refractivity contribution in [2.45, 2.75) is 40.2 Å². The van der Waals surface area contributed by atoms with Crippen molar-refractivity contribution in [1.29, 1.82) is 0 Å². The number of aliphatic hydroxyl groups is 1. The summed E-state index contributed by atoms with van der Waals surface area (Å²) in [7, 11) is 0. The van der Waals surface area contributed by atoms with Crippen molar-refractivity contribution < 1.29 is 19.4 Å². The van der Waals surface area contributed by atoms with Crippen LogP contribution in [-0.2, 0) is 6.42 Å². The van der Waals surface area contributed by atoms with Gasteiger partial charge in [0.05, 0.1) is 21.6 Å². The van der Waals surface area contributed by atoms with E-state index in [1.165, 1.54) is 4.57 Å². The molecule has 1 atom stereocenters. The summed E-state index contributed by atoms with van der Waals surface area (Å²) in [4.78, 5) is 28.2. The van der Waals surface area contributed by atoms with E-state index in [1.807, 2.05) is 20.8 Å². The van der Waals surface area contributed by atoms with Crippen molar-refractivity contribution >= 4 is 39.6 Å². The lowest BCUT2D eigenvalue weighted by atomic mass is 9.86. The number of carbonyl (C=O) groups is 1. The normalized spacial score (nSPS) is 13.2. The van der Waals surface area contributed by atoms with Gasteiger partial charge in [0.25, 0.3) is 0 Å². The Morgan fingerprint density at radius 2 is 2.04 bits per heavy atom. The predicted molar refractivity (Wildman–Crippen MR) is 101 cm³/mol. The zero-order valence-corrected chi connectivity index (χ0v) is 16.6. The lowest BCUT2D eigenvalue weighted by Gasteiger charge is -2.32. The average molecular weight is 462 g/mol. The molecule has 0 radical (unpaired) electrons. The van der Waals surface area contributed by atoms with E-state index in [2.05, 4.69) is 4.98 Å². The van der Waals surface area contributed by atoms with Gasteiger partial charge in [0, 0.05) is 6.20 Å². The molecule has 0 aliphatic rings. The third-order valence-corrected chi connectivity index (χ3v) is 5.35. The molecule has 2 N–H and O–H groups in total. The molecule has 0 aliphatic heterocycles. The highest BCUT2D eigenvalue weighted by atomic mass is 127. The molecule has 2 heterocycles. The van der Waals surface area contributed by atoms with Gasteiger partial charge in [-0.2, -0.15) is 4.39 Å². The standard InChI is InChI=1S/C17H20FIN2O4/c1-5-8-11-13(23)9(16(24)25)6-21(10(7-22)17(2,3)4)15(11)20-14(18)12(8)19/h6,10,22H,5,7H2,1-4H3,(H,24,25). The van der Waals surface area contributed by atoms with Crippen LogP contribution in [0, 0.1) is 14.9 Å². The Hall–Kier alpha value is -1.55. The summed E-state index contributed by atoms with van der Waals surface area (Å²) in [5.74, 6) is -2.08. The highest BCUT2D eigenvalue weighted by Gasteiger charge is 2.30. The molecule has 0 saturated heterocycles. The fraction of sp³-hybridized carbons (Fsp3) is 0.471. The summed E-state index contributed by atoms with van der Waals surface area (Å²) < 4.78 is 15.9. The van der Waals surface area contributed by atoms with Gasteiger partial charge < -0.3 is 14.8 Å². The van der Waals surface area contributed by atoms with Crippen LogP contribution < -0.4 is 5.43 Å². The molecule has 8 heteroatoms. The van der Waals surface area contributed by atoms with Crippen molar-refractivity contribution in [2.75, 3.05) is 6.61 Å². The number of carboxylic acids is 1. The largest absolute Gasteiger partial charge is 0.477 e. The van der Waals surface area contributed by atoms with Gasteiger partial charge in [-0.1, -0.05) is 27.7 Å². The number of rotatable bonds is 4. The van der Waals surface area contributed by atoms with Crippen molar-refractivity contribution in [1.82, 2.24) is 9.55 Å². The fourth-order valence-corrected chi connectivity index (χ4v) is 3.66. The first-order valence-electron chi connectivity index (χ1n) is 7.81. The quantitative estimate of drug-likeness (QED) is 0.539. The molecule has 0 spiro atoms. The maximum Gasteiger partial charge on any atom is 0.341 e. The Morgan fingerprint density at radius 1 is 1.44 bits per heavy atom. The van der Waals surface area contributed by atoms with Crippen LogP contribution >= 0.6 is 22.6 Å². The van der Waals surface area contributed by atoms with E-state index in [9.17, 15) is 24.2 Å². The van der Waals surface area contributed by atoms with Gasteiger partial charge in [-0.05, 0) is 40.0 Å². The smallest absolute Gasteiger partial charge is 0.341 e. The SMILES string of the molecule is CCc1c(I)c(F)nc2c1c(=O)c(C(=O)O)cn2C(CO)C(C)(C)C. The minimum absolute atomic E-state index is 0.0544. The Bertz CT molecular complexity index is 902. The number of fused-ring (bicyclic) bond motifs is 1. The van der Waals surface area contributed by atoms with Gasteiger partial charge in [0.2, 0.25) is 11.4 Å². The topological polar surface area (TPSA) is 92.4 Å². The van der Waals surface area contributed by atoms with Crippen LogP contribution in [0.5, 0.6) is 0 Å². The molecular formula is C17H20FIN2O4. The second kappa shape index (κ2) is 6.99. The molecule has 0 bridgehead atoms. The number of aliphatic hydroxyl groups excluding tert-OH is 1. The number of carboxylic acid groups (broad SMARTS) is 1. The summed E-state index contributed by atoms with van der Waals surface area (Å²) in [6, 6.07) is -0.578. The first-order valence-corrected chi connectivity index (χ1v) is 8.89. The van der Waals surface area contributed by atoms with E-state index in [4.69, 9.17) is 0 Å². The van der Waals surface area contributed by atoms with Crippen LogP contribution in [0.2, 0.25) is 0 Å². The van der Waals surface area contributed by atoms with Crippen LogP contribution in [-0.4, -0.2) is 32.3 Å². The van der Waals surface area contributed by atoms with Crippen LogP contribution in [0.4, 0.5) is 4.39 Å². The van der Waals surface area contributed by atoms with E-state index in [0.717, 1.165) is 6.20 Å². The number of aromatic nitrogens is 2. The third-order valence-electron chi connectivity index (χ3n) is 4.25. The molecule has 0 amide bonds. The van der Waals surface area contributed by atoms with Crippen LogP contribution in [0.15, 0.2) is 11.0 Å². The van der Waals surface area contributed by atoms with Gasteiger partial charge in [0.15, 0.2) is 0 Å². The summed E-state index contributed by atoms with van der Waals surface area (Å²) in [5, 5.41) is 19.4. The third kappa shape index (κ3) is 3.41. The zero-order chi connectivity index (χ0) is 19.1. The van der Waals surface area contributed by atoms with Gasteiger partial charge >= 0.3 is 5.97 Å². The first kappa shape index (κ1) is 19.8. The van der Waals surface area contributed by atoms with Crippen molar-refractivity contribution in [3.05, 3.63) is 37.1 Å². The van der Waals surface area contributed by atoms with E-state index in [1.54, 1.807) is 29.5 Å². The molecule has 136 valence electrons. The summed E-state index contributed by atoms with van der Waals surface area (Å²) >= 11 is 1.77. The number of hydrogen-bond acceptors (Lipinski definition) is 4. The predicted octanol–water partition coefficient (Wildman–Crippen LogP) is 2.98. The van der Waals surface area contributed by atoms with Crippen molar-refractivity contribution in [2.24, 2.45) is 5.41 Å². The lowest BCUT2D eigenvalue weighted by molar-refractivity contribution is 0.0692. The van der Waals surface area contributed by atoms with E-state index >= 15 is 0 Å². The van der Waals surface area contributed by atoms with Gasteiger partial charge in [-0.25, -0.2) is 9.78 Å². The Morgan fingerprint density at radius 3 is 2.48 bits per heavy atom. The Kier molecular flexibility index (Phi) is 5.53. The second-order valence-corrected chi connectivity index (χ2v) is 7.97. The maximum atomic E-state index is 14.3. The number of pyridine rings is 2. The summed E-state index contributed by atoms with van der Waals surface area (Å²) in [6.45, 7) is 7.05. The summed E-state index contributed by atoms with van der Waals surface area (Å²) in [5.41, 5.74) is -1.10. The first-order chi connectivity index (χ1) is 11.5. The molecule has 2 aromatic rings. The number of aromatic carboxylic acids is 1. The van der Waals surface area contributed by atoms with Crippen LogP contribution in [0.3, 0.4) is 0 Å². The van der Waals surface area contributed by atoms with E-state index < -0.39 is 34.4 Å². The molecule has 0 fully saturated rings. The number of halogens is 2. The molecule has 25 heavy (non-hydrogen) atoms. The molecule has 0 aromatic carbocycles. The number of hydrogen-bond donors (Lipinski definition) is 2. The molecule has 0 aliphatic carbocycles. The molecule has 0 saturated carbocycles. The fourth-order valence-electron chi connectivity index (χ4n) is 2.89. The minimum atomic E-state index is -1.37. The number of aryl methyl sites for hydroxylation is 1. The zero-order valence-electron chi connectivity index (χ0n) is 14.4. The van der Waals surface area contributed by atoms with Crippen LogP contribution in [0.25, 0.3) is 11.0 Å². The molecule has 1 unspecified atom stereocenters. The molecule has 2 rings (SSSR count). The van der Waals surface area contributed by atoms with Crippen LogP contribution in [0.1, 0.15) is 49.7 Å². The van der Waals surface area contributed by atoms with Gasteiger partial charge in [-0.15, -0.1) is 0 Å². The maximum absolute atomic E-state index is 14.3. The highest BCUT2D eigenvalue weighted by molar-refractivity contribution is 14.1. The van der Waals surface area contributed by atoms with Crippen molar-refractivity contribution in [3.8, 4) is 0 Å². The van der Waals surface area contributed by atoms with Gasteiger partial charge in [-0.3, -0.25) is 4.79 Å². The Balaban J connectivity index is 3.10. The van der Waals surface area contributed by atoms with E-state index in [0.29, 0.717) is 12.0 Å². The molecule has 6 nitrogen and oxygen atoms in total. The van der Waals surface area contributed by atoms with Gasteiger partial charge in [0.1, 0.15) is 11.2 Å². The highest BCUT2D eigenvalue weighted by Crippen LogP contribution is 2.33. The Labute approximate surface area is 157 Å². The molecular weight excluding hydrogens is 442 g/mol. The van der Waals surface area contributed by atoms with Crippen molar-refractivity contribution in [3.63, 3.8) is 0 Å². The number of nitrogens with zero attached hydrogens (tertiary/aromatic N) is 2. The average Bonchev–Trinajstić information content (AvgIpc) is 2.50.